The van der Waals surface area contributed by atoms with Crippen molar-refractivity contribution in [3.8, 4) is 18.2 Å². The van der Waals surface area contributed by atoms with Crippen molar-refractivity contribution in [2.45, 2.75) is 45.1 Å². The number of benzene rings is 2. The first-order valence-corrected chi connectivity index (χ1v) is 10.1. The Kier molecular flexibility index (Phi) is 4.95. The van der Waals surface area contributed by atoms with E-state index in [0.29, 0.717) is 5.39 Å². The lowest BCUT2D eigenvalue weighted by atomic mass is 9.86. The monoisotopic (exact) mass is 399 g/mol. The van der Waals surface area contributed by atoms with E-state index in [4.69, 9.17) is 6.42 Å². The van der Waals surface area contributed by atoms with E-state index < -0.39 is 0 Å². The maximum atomic E-state index is 12.6. The molecule has 1 amide bonds. The molecule has 30 heavy (non-hydrogen) atoms. The van der Waals surface area contributed by atoms with Crippen LogP contribution in [0.3, 0.4) is 0 Å². The minimum absolute atomic E-state index is 0.0733. The molecule has 1 aliphatic carbocycles. The molecule has 0 spiro atoms. The Balaban J connectivity index is 1.52. The molecule has 0 saturated heterocycles. The van der Waals surface area contributed by atoms with E-state index >= 15 is 0 Å². The number of terminal acetylenes is 1. The lowest BCUT2D eigenvalue weighted by Crippen LogP contribution is -2.10. The first kappa shape index (κ1) is 19.9. The molecule has 0 aliphatic heterocycles. The van der Waals surface area contributed by atoms with E-state index in [1.807, 2.05) is 24.3 Å². The van der Waals surface area contributed by atoms with Crippen molar-refractivity contribution in [1.82, 2.24) is 4.57 Å². The van der Waals surface area contributed by atoms with Crippen LogP contribution in [0.1, 0.15) is 44.2 Å². The number of carbonyl (C=O) groups is 1. The molecule has 1 heterocycles. The number of amides is 1. The molecule has 1 N–H and O–H groups in total. The number of carbonyl (C=O) groups excluding carboxylic acids is 1. The molecule has 4 rings (SSSR count). The standard InChI is InChI=1S/C25H25N3O2/c1-5-14-28-21-9-7-6-8-18(21)22(24(28)30)26-27-23(29)20-15-19(20)16-10-12-17(13-11-16)25(2,3)4/h1,6-13,19-20,30H,14-15H2,2-4H3. The van der Waals surface area contributed by atoms with Crippen molar-refractivity contribution in [2.24, 2.45) is 16.1 Å². The number of para-hydroxylation sites is 1. The first-order chi connectivity index (χ1) is 14.3. The highest BCUT2D eigenvalue weighted by Gasteiger charge is 2.44. The third kappa shape index (κ3) is 3.61. The van der Waals surface area contributed by atoms with Crippen LogP contribution in [0.4, 0.5) is 5.69 Å². The Morgan fingerprint density at radius 1 is 1.20 bits per heavy atom. The van der Waals surface area contributed by atoms with Gasteiger partial charge in [-0.3, -0.25) is 9.36 Å². The fourth-order valence-electron chi connectivity index (χ4n) is 3.86. The van der Waals surface area contributed by atoms with Crippen LogP contribution in [0.25, 0.3) is 10.9 Å². The number of hydrogen-bond acceptors (Lipinski definition) is 3. The zero-order valence-corrected chi connectivity index (χ0v) is 17.5. The van der Waals surface area contributed by atoms with Gasteiger partial charge in [0.25, 0.3) is 5.91 Å². The predicted molar refractivity (Wildman–Crippen MR) is 118 cm³/mol. The Hall–Kier alpha value is -3.39. The van der Waals surface area contributed by atoms with Crippen molar-refractivity contribution in [3.63, 3.8) is 0 Å². The molecule has 0 bridgehead atoms. The quantitative estimate of drug-likeness (QED) is 0.452. The Labute approximate surface area is 176 Å². The van der Waals surface area contributed by atoms with E-state index in [-0.39, 0.29) is 41.3 Å². The van der Waals surface area contributed by atoms with Crippen LogP contribution in [0.15, 0.2) is 58.8 Å². The van der Waals surface area contributed by atoms with E-state index in [1.54, 1.807) is 4.57 Å². The lowest BCUT2D eigenvalue weighted by molar-refractivity contribution is -0.119. The molecule has 1 saturated carbocycles. The molecule has 5 nitrogen and oxygen atoms in total. The highest BCUT2D eigenvalue weighted by Crippen LogP contribution is 2.49. The van der Waals surface area contributed by atoms with Crippen LogP contribution in [0.2, 0.25) is 0 Å². The summed E-state index contributed by atoms with van der Waals surface area (Å²) in [5.41, 5.74) is 3.57. The summed E-state index contributed by atoms with van der Waals surface area (Å²) in [5.74, 6) is 2.22. The van der Waals surface area contributed by atoms with Gasteiger partial charge in [0, 0.05) is 11.3 Å². The maximum Gasteiger partial charge on any atom is 0.268 e. The SMILES string of the molecule is C#CCn1c(O)c(N=NC(=O)C2CC2c2ccc(C(C)(C)C)cc2)c2ccccc21. The van der Waals surface area contributed by atoms with Crippen molar-refractivity contribution < 1.29 is 9.90 Å². The minimum atomic E-state index is -0.256. The molecule has 3 aromatic rings. The second kappa shape index (κ2) is 7.46. The number of fused-ring (bicyclic) bond motifs is 1. The summed E-state index contributed by atoms with van der Waals surface area (Å²) in [6.07, 6.45) is 6.19. The molecule has 0 radical (unpaired) electrons. The van der Waals surface area contributed by atoms with Gasteiger partial charge in [-0.1, -0.05) is 69.2 Å². The van der Waals surface area contributed by atoms with Crippen LogP contribution >= 0.6 is 0 Å². The number of azo groups is 1. The molecule has 5 heteroatoms. The van der Waals surface area contributed by atoms with Crippen LogP contribution in [0, 0.1) is 18.3 Å². The number of aromatic hydroxyl groups is 1. The fourth-order valence-corrected chi connectivity index (χ4v) is 3.86. The average molecular weight is 399 g/mol. The summed E-state index contributed by atoms with van der Waals surface area (Å²) in [6.45, 7) is 6.76. The van der Waals surface area contributed by atoms with Gasteiger partial charge in [-0.05, 0) is 34.9 Å². The summed E-state index contributed by atoms with van der Waals surface area (Å²) >= 11 is 0. The van der Waals surface area contributed by atoms with E-state index in [9.17, 15) is 9.90 Å². The molecule has 152 valence electrons. The van der Waals surface area contributed by atoms with Gasteiger partial charge >= 0.3 is 0 Å². The summed E-state index contributed by atoms with van der Waals surface area (Å²) in [6, 6.07) is 15.9. The Morgan fingerprint density at radius 3 is 2.57 bits per heavy atom. The van der Waals surface area contributed by atoms with Crippen LogP contribution in [0.5, 0.6) is 5.88 Å². The number of rotatable bonds is 4. The van der Waals surface area contributed by atoms with Gasteiger partial charge in [0.2, 0.25) is 5.88 Å². The zero-order valence-electron chi connectivity index (χ0n) is 17.5. The van der Waals surface area contributed by atoms with Crippen LogP contribution < -0.4 is 0 Å². The van der Waals surface area contributed by atoms with Crippen molar-refractivity contribution in [3.05, 3.63) is 59.7 Å². The smallest absolute Gasteiger partial charge is 0.268 e. The average Bonchev–Trinajstić information content (AvgIpc) is 3.48. The summed E-state index contributed by atoms with van der Waals surface area (Å²) in [5, 5.41) is 19.3. The third-order valence-electron chi connectivity index (χ3n) is 5.73. The number of hydrogen-bond donors (Lipinski definition) is 1. The molecule has 2 atom stereocenters. The van der Waals surface area contributed by atoms with Crippen molar-refractivity contribution in [1.29, 1.82) is 0 Å². The molecule has 2 unspecified atom stereocenters. The fraction of sp³-hybridized carbons (Fsp3) is 0.320. The summed E-state index contributed by atoms with van der Waals surface area (Å²) < 4.78 is 1.59. The lowest BCUT2D eigenvalue weighted by Gasteiger charge is -2.19. The summed E-state index contributed by atoms with van der Waals surface area (Å²) in [4.78, 5) is 12.6. The molecule has 1 aromatic heterocycles. The predicted octanol–water partition coefficient (Wildman–Crippen LogP) is 5.69. The van der Waals surface area contributed by atoms with Gasteiger partial charge in [0.15, 0.2) is 5.69 Å². The largest absolute Gasteiger partial charge is 0.493 e. The van der Waals surface area contributed by atoms with Crippen LogP contribution in [-0.4, -0.2) is 15.6 Å². The van der Waals surface area contributed by atoms with E-state index in [0.717, 1.165) is 17.5 Å². The normalized spacial score (nSPS) is 18.6. The summed E-state index contributed by atoms with van der Waals surface area (Å²) in [7, 11) is 0. The second-order valence-corrected chi connectivity index (χ2v) is 8.84. The van der Waals surface area contributed by atoms with Crippen molar-refractivity contribution >= 4 is 22.5 Å². The molecular weight excluding hydrogens is 374 g/mol. The Morgan fingerprint density at radius 2 is 1.90 bits per heavy atom. The van der Waals surface area contributed by atoms with Crippen LogP contribution in [-0.2, 0) is 16.8 Å². The van der Waals surface area contributed by atoms with Gasteiger partial charge in [0.1, 0.15) is 0 Å². The van der Waals surface area contributed by atoms with Gasteiger partial charge in [-0.2, -0.15) is 0 Å². The first-order valence-electron chi connectivity index (χ1n) is 10.1. The van der Waals surface area contributed by atoms with Gasteiger partial charge < -0.3 is 5.11 Å². The number of aromatic nitrogens is 1. The van der Waals surface area contributed by atoms with Gasteiger partial charge in [-0.15, -0.1) is 16.7 Å². The zero-order chi connectivity index (χ0) is 21.5. The van der Waals surface area contributed by atoms with Gasteiger partial charge in [0.05, 0.1) is 12.1 Å². The maximum absolute atomic E-state index is 12.6. The highest BCUT2D eigenvalue weighted by molar-refractivity contribution is 5.95. The highest BCUT2D eigenvalue weighted by atomic mass is 16.3. The second-order valence-electron chi connectivity index (χ2n) is 8.84. The Bertz CT molecular complexity index is 1170. The molecular formula is C25H25N3O2. The molecule has 1 aliphatic rings. The minimum Gasteiger partial charge on any atom is -0.493 e. The molecule has 1 fully saturated rings. The molecule has 2 aromatic carbocycles. The van der Waals surface area contributed by atoms with Crippen molar-refractivity contribution in [2.75, 3.05) is 0 Å². The third-order valence-corrected chi connectivity index (χ3v) is 5.73. The number of nitrogens with zero attached hydrogens (tertiary/aromatic N) is 3. The topological polar surface area (TPSA) is 66.9 Å². The van der Waals surface area contributed by atoms with E-state index in [2.05, 4.69) is 61.2 Å². The van der Waals surface area contributed by atoms with Gasteiger partial charge in [-0.25, -0.2) is 0 Å². The van der Waals surface area contributed by atoms with E-state index in [1.165, 1.54) is 5.56 Å².